The normalized spacial score (nSPS) is 17.6. The Kier molecular flexibility index (Phi) is 3.53. The second kappa shape index (κ2) is 5.73. The molecule has 1 aliphatic heterocycles. The number of nitriles is 2. The predicted octanol–water partition coefficient (Wildman–Crippen LogP) is 2.59. The molecule has 5 nitrogen and oxygen atoms in total. The van der Waals surface area contributed by atoms with Crippen molar-refractivity contribution >= 4 is 27.8 Å². The van der Waals surface area contributed by atoms with E-state index in [2.05, 4.69) is 22.9 Å². The summed E-state index contributed by atoms with van der Waals surface area (Å²) in [5, 5.41) is 20.7. The van der Waals surface area contributed by atoms with Crippen molar-refractivity contribution in [3.63, 3.8) is 0 Å². The van der Waals surface area contributed by atoms with Gasteiger partial charge in [0.1, 0.15) is 17.7 Å². The maximum Gasteiger partial charge on any atom is 0.207 e. The maximum atomic E-state index is 13.1. The van der Waals surface area contributed by atoms with E-state index in [1.807, 2.05) is 36.4 Å². The van der Waals surface area contributed by atoms with Crippen LogP contribution in [0.15, 0.2) is 35.9 Å². The molecule has 1 aliphatic carbocycles. The summed E-state index contributed by atoms with van der Waals surface area (Å²) in [4.78, 5) is 17.5. The van der Waals surface area contributed by atoms with Gasteiger partial charge in [0.15, 0.2) is 0 Å². The molecule has 4 rings (SSSR count). The lowest BCUT2D eigenvalue weighted by atomic mass is 9.82. The van der Waals surface area contributed by atoms with Crippen molar-refractivity contribution in [3.05, 3.63) is 47.0 Å². The molecule has 1 saturated heterocycles. The summed E-state index contributed by atoms with van der Waals surface area (Å²) >= 11 is 0. The number of allylic oxidation sites excluding steroid dienone is 2. The van der Waals surface area contributed by atoms with Crippen LogP contribution in [0.4, 0.5) is 5.69 Å². The van der Waals surface area contributed by atoms with Gasteiger partial charge in [-0.05, 0) is 18.5 Å². The molecule has 2 aromatic rings. The highest BCUT2D eigenvalue weighted by atomic mass is 16.1. The first-order valence-electron chi connectivity index (χ1n) is 8.24. The predicted molar refractivity (Wildman–Crippen MR) is 96.1 cm³/mol. The first-order valence-corrected chi connectivity index (χ1v) is 8.24. The van der Waals surface area contributed by atoms with Crippen LogP contribution in [0.25, 0.3) is 16.3 Å². The summed E-state index contributed by atoms with van der Waals surface area (Å²) in [5.74, 6) is -0.336. The van der Waals surface area contributed by atoms with Gasteiger partial charge in [0, 0.05) is 42.8 Å². The molecule has 1 fully saturated rings. The molecule has 0 N–H and O–H groups in total. The van der Waals surface area contributed by atoms with E-state index in [0.717, 1.165) is 42.6 Å². The van der Waals surface area contributed by atoms with Crippen molar-refractivity contribution in [2.45, 2.75) is 0 Å². The molecule has 0 unspecified atom stereocenters. The summed E-state index contributed by atoms with van der Waals surface area (Å²) in [7, 11) is 2.08. The molecule has 0 aromatic heterocycles. The summed E-state index contributed by atoms with van der Waals surface area (Å²) in [6.45, 7) is 3.53. The van der Waals surface area contributed by atoms with Crippen LogP contribution in [0.5, 0.6) is 0 Å². The lowest BCUT2D eigenvalue weighted by molar-refractivity contribution is 0.104. The van der Waals surface area contributed by atoms with Crippen LogP contribution in [0.1, 0.15) is 15.9 Å². The minimum absolute atomic E-state index is 0.0518. The van der Waals surface area contributed by atoms with Crippen LogP contribution in [0.3, 0.4) is 0 Å². The average molecular weight is 328 g/mol. The molecule has 0 atom stereocenters. The highest BCUT2D eigenvalue weighted by molar-refractivity contribution is 6.30. The first kappa shape index (κ1) is 15.4. The Labute approximate surface area is 146 Å². The SMILES string of the molecule is CN1CCN(c2ccc3cccc4c3c2C(=O)C(C#N)=C4C#N)CC1. The van der Waals surface area contributed by atoms with Gasteiger partial charge in [0.05, 0.1) is 11.1 Å². The van der Waals surface area contributed by atoms with Gasteiger partial charge in [-0.1, -0.05) is 24.3 Å². The van der Waals surface area contributed by atoms with Crippen molar-refractivity contribution in [2.75, 3.05) is 38.1 Å². The van der Waals surface area contributed by atoms with Crippen LogP contribution in [0, 0.1) is 22.7 Å². The lowest BCUT2D eigenvalue weighted by Crippen LogP contribution is -2.45. The number of hydrogen-bond donors (Lipinski definition) is 0. The molecular weight excluding hydrogens is 312 g/mol. The fourth-order valence-corrected chi connectivity index (χ4v) is 3.71. The Bertz CT molecular complexity index is 1010. The number of Topliss-reactive ketones (excluding diaryl/α,β-unsaturated/α-hetero) is 1. The summed E-state index contributed by atoms with van der Waals surface area (Å²) in [6.07, 6.45) is 0. The van der Waals surface area contributed by atoms with Crippen LogP contribution in [-0.4, -0.2) is 43.9 Å². The van der Waals surface area contributed by atoms with Crippen LogP contribution in [0.2, 0.25) is 0 Å². The van der Waals surface area contributed by atoms with Crippen molar-refractivity contribution < 1.29 is 4.79 Å². The molecule has 0 saturated carbocycles. The monoisotopic (exact) mass is 328 g/mol. The molecule has 2 aromatic carbocycles. The third kappa shape index (κ3) is 2.21. The van der Waals surface area contributed by atoms with Gasteiger partial charge in [-0.3, -0.25) is 4.79 Å². The zero-order valence-electron chi connectivity index (χ0n) is 13.9. The van der Waals surface area contributed by atoms with Crippen molar-refractivity contribution in [2.24, 2.45) is 0 Å². The lowest BCUT2D eigenvalue weighted by Gasteiger charge is -2.35. The number of rotatable bonds is 1. The van der Waals surface area contributed by atoms with Gasteiger partial charge in [-0.15, -0.1) is 0 Å². The summed E-state index contributed by atoms with van der Waals surface area (Å²) < 4.78 is 0. The van der Waals surface area contributed by atoms with Gasteiger partial charge >= 0.3 is 0 Å². The number of nitrogens with zero attached hydrogens (tertiary/aromatic N) is 4. The van der Waals surface area contributed by atoms with E-state index < -0.39 is 0 Å². The van der Waals surface area contributed by atoms with Crippen molar-refractivity contribution in [1.29, 1.82) is 10.5 Å². The van der Waals surface area contributed by atoms with Crippen LogP contribution < -0.4 is 4.90 Å². The van der Waals surface area contributed by atoms with E-state index >= 15 is 0 Å². The number of anilines is 1. The molecule has 2 aliphatic rings. The van der Waals surface area contributed by atoms with E-state index in [1.165, 1.54) is 0 Å². The average Bonchev–Trinajstić information content (AvgIpc) is 2.64. The molecule has 0 amide bonds. The number of benzene rings is 2. The smallest absolute Gasteiger partial charge is 0.207 e. The molecular formula is C20H16N4O. The minimum Gasteiger partial charge on any atom is -0.368 e. The Morgan fingerprint density at radius 3 is 2.36 bits per heavy atom. The second-order valence-electron chi connectivity index (χ2n) is 6.46. The van der Waals surface area contributed by atoms with Crippen molar-refractivity contribution in [1.82, 2.24) is 4.90 Å². The van der Waals surface area contributed by atoms with E-state index in [1.54, 1.807) is 0 Å². The molecule has 0 bridgehead atoms. The zero-order valence-corrected chi connectivity index (χ0v) is 13.9. The Morgan fingerprint density at radius 1 is 0.960 bits per heavy atom. The van der Waals surface area contributed by atoms with E-state index in [0.29, 0.717) is 11.1 Å². The van der Waals surface area contributed by atoms with Crippen molar-refractivity contribution in [3.8, 4) is 12.1 Å². The number of likely N-dealkylation sites (N-methyl/N-ethyl adjacent to an activating group) is 1. The quantitative estimate of drug-likeness (QED) is 0.804. The van der Waals surface area contributed by atoms with Gasteiger partial charge < -0.3 is 9.80 Å². The standard InChI is InChI=1S/C20H16N4O/c1-23-7-9-24(10-8-23)17-6-5-13-3-2-4-14-15(11-21)16(12-22)20(25)19(17)18(13)14/h2-6H,7-10H2,1H3. The first-order chi connectivity index (χ1) is 12.2. The van der Waals surface area contributed by atoms with Crippen LogP contribution in [-0.2, 0) is 0 Å². The molecule has 122 valence electrons. The van der Waals surface area contributed by atoms with E-state index in [4.69, 9.17) is 0 Å². The third-order valence-electron chi connectivity index (χ3n) is 5.06. The fraction of sp³-hybridized carbons (Fsp3) is 0.250. The van der Waals surface area contributed by atoms with Gasteiger partial charge in [-0.25, -0.2) is 0 Å². The van der Waals surface area contributed by atoms with Crippen LogP contribution >= 0.6 is 0 Å². The number of piperazine rings is 1. The highest BCUT2D eigenvalue weighted by Gasteiger charge is 2.32. The summed E-state index contributed by atoms with van der Waals surface area (Å²) in [5.41, 5.74) is 2.24. The molecule has 25 heavy (non-hydrogen) atoms. The Hall–Kier alpha value is -3.15. The number of ketones is 1. The van der Waals surface area contributed by atoms with E-state index in [-0.39, 0.29) is 16.9 Å². The molecule has 0 spiro atoms. The Morgan fingerprint density at radius 2 is 1.68 bits per heavy atom. The largest absolute Gasteiger partial charge is 0.368 e. The zero-order chi connectivity index (χ0) is 17.6. The molecule has 1 heterocycles. The second-order valence-corrected chi connectivity index (χ2v) is 6.46. The molecule has 5 heteroatoms. The topological polar surface area (TPSA) is 71.1 Å². The van der Waals surface area contributed by atoms with E-state index in [9.17, 15) is 15.3 Å². The Balaban J connectivity index is 2.00. The highest BCUT2D eigenvalue weighted by Crippen LogP contribution is 2.40. The fourth-order valence-electron chi connectivity index (χ4n) is 3.71. The van der Waals surface area contributed by atoms with Gasteiger partial charge in [0.2, 0.25) is 5.78 Å². The molecule has 0 radical (unpaired) electrons. The minimum atomic E-state index is -0.336. The third-order valence-corrected chi connectivity index (χ3v) is 5.06. The number of hydrogen-bond acceptors (Lipinski definition) is 5. The summed E-state index contributed by atoms with van der Waals surface area (Å²) in [6, 6.07) is 13.6. The van der Waals surface area contributed by atoms with Gasteiger partial charge in [-0.2, -0.15) is 10.5 Å². The number of carbonyl (C=O) groups is 1. The number of carbonyl (C=O) groups excluding carboxylic acids is 1. The van der Waals surface area contributed by atoms with Gasteiger partial charge in [0.25, 0.3) is 0 Å². The maximum absolute atomic E-state index is 13.1.